The maximum Gasteiger partial charge on any atom is 0.336 e. The summed E-state index contributed by atoms with van der Waals surface area (Å²) in [6.45, 7) is 5.85. The van der Waals surface area contributed by atoms with Crippen LogP contribution < -0.4 is 0 Å². The van der Waals surface area contributed by atoms with Crippen molar-refractivity contribution in [1.29, 1.82) is 0 Å². The van der Waals surface area contributed by atoms with E-state index >= 15 is 0 Å². The van der Waals surface area contributed by atoms with Crippen LogP contribution >= 0.6 is 0 Å². The number of nitrogens with zero attached hydrogens (tertiary/aromatic N) is 1. The molecule has 1 N–H and O–H groups in total. The number of carboxylic acid groups (broad SMARTS) is 1. The highest BCUT2D eigenvalue weighted by molar-refractivity contribution is 6.04. The van der Waals surface area contributed by atoms with Crippen LogP contribution in [0.4, 0.5) is 0 Å². The van der Waals surface area contributed by atoms with Crippen molar-refractivity contribution in [3.8, 4) is 0 Å². The number of carbonyl (C=O) groups excluding carboxylic acids is 1. The molecular formula is C17H23NO3. The van der Waals surface area contributed by atoms with Gasteiger partial charge in [0, 0.05) is 13.1 Å². The summed E-state index contributed by atoms with van der Waals surface area (Å²) in [5.74, 6) is -1.21. The van der Waals surface area contributed by atoms with Crippen molar-refractivity contribution in [3.05, 3.63) is 35.4 Å². The van der Waals surface area contributed by atoms with E-state index in [0.29, 0.717) is 24.1 Å². The fraction of sp³-hybridized carbons (Fsp3) is 0.529. The molecule has 114 valence electrons. The average molecular weight is 289 g/mol. The van der Waals surface area contributed by atoms with E-state index in [2.05, 4.69) is 13.8 Å². The standard InChI is InChI=1S/C17H23NO3/c1-3-17(4-2)9-11-18(12-10-17)15(19)13-7-5-6-8-14(13)16(20)21/h5-8H,3-4,9-12H2,1-2H3,(H,20,21). The molecule has 1 aliphatic heterocycles. The number of amides is 1. The molecule has 0 atom stereocenters. The highest BCUT2D eigenvalue weighted by Gasteiger charge is 2.33. The molecule has 0 saturated carbocycles. The third-order valence-corrected chi connectivity index (χ3v) is 5.00. The predicted molar refractivity (Wildman–Crippen MR) is 81.6 cm³/mol. The van der Waals surface area contributed by atoms with Crippen LogP contribution in [0, 0.1) is 5.41 Å². The van der Waals surface area contributed by atoms with Crippen LogP contribution in [0.1, 0.15) is 60.2 Å². The lowest BCUT2D eigenvalue weighted by atomic mass is 9.74. The maximum atomic E-state index is 12.6. The molecule has 0 bridgehead atoms. The first-order chi connectivity index (χ1) is 10.0. The average Bonchev–Trinajstić information content (AvgIpc) is 2.54. The van der Waals surface area contributed by atoms with Gasteiger partial charge in [-0.2, -0.15) is 0 Å². The number of piperidine rings is 1. The molecule has 0 radical (unpaired) electrons. The zero-order chi connectivity index (χ0) is 15.5. The van der Waals surface area contributed by atoms with Crippen molar-refractivity contribution in [3.63, 3.8) is 0 Å². The minimum absolute atomic E-state index is 0.0883. The molecule has 21 heavy (non-hydrogen) atoms. The first-order valence-electron chi connectivity index (χ1n) is 7.64. The van der Waals surface area contributed by atoms with Gasteiger partial charge in [0.15, 0.2) is 0 Å². The highest BCUT2D eigenvalue weighted by atomic mass is 16.4. The number of hydrogen-bond acceptors (Lipinski definition) is 2. The number of likely N-dealkylation sites (tertiary alicyclic amines) is 1. The molecule has 4 nitrogen and oxygen atoms in total. The van der Waals surface area contributed by atoms with E-state index in [1.54, 1.807) is 23.1 Å². The number of carbonyl (C=O) groups is 2. The Hall–Kier alpha value is -1.84. The first kappa shape index (κ1) is 15.5. The molecule has 2 rings (SSSR count). The molecule has 4 heteroatoms. The third-order valence-electron chi connectivity index (χ3n) is 5.00. The Kier molecular flexibility index (Phi) is 4.66. The second-order valence-electron chi connectivity index (χ2n) is 5.85. The van der Waals surface area contributed by atoms with E-state index in [-0.39, 0.29) is 11.5 Å². The second kappa shape index (κ2) is 6.29. The molecule has 1 heterocycles. The zero-order valence-corrected chi connectivity index (χ0v) is 12.8. The van der Waals surface area contributed by atoms with Gasteiger partial charge in [-0.15, -0.1) is 0 Å². The number of benzene rings is 1. The molecular weight excluding hydrogens is 266 g/mol. The Labute approximate surface area is 125 Å². The van der Waals surface area contributed by atoms with Crippen molar-refractivity contribution in [1.82, 2.24) is 4.90 Å². The van der Waals surface area contributed by atoms with Crippen molar-refractivity contribution in [2.75, 3.05) is 13.1 Å². The lowest BCUT2D eigenvalue weighted by Gasteiger charge is -2.41. The summed E-state index contributed by atoms with van der Waals surface area (Å²) in [6, 6.07) is 6.46. The molecule has 1 aromatic rings. The van der Waals surface area contributed by atoms with Crippen LogP contribution in [0.5, 0.6) is 0 Å². The van der Waals surface area contributed by atoms with Crippen LogP contribution in [-0.4, -0.2) is 35.0 Å². The van der Waals surface area contributed by atoms with Gasteiger partial charge in [-0.1, -0.05) is 38.8 Å². The lowest BCUT2D eigenvalue weighted by Crippen LogP contribution is -2.43. The van der Waals surface area contributed by atoms with Crippen LogP contribution in [-0.2, 0) is 0 Å². The fourth-order valence-corrected chi connectivity index (χ4v) is 3.17. The summed E-state index contributed by atoms with van der Waals surface area (Å²) in [6.07, 6.45) is 4.27. The first-order valence-corrected chi connectivity index (χ1v) is 7.64. The van der Waals surface area contributed by atoms with E-state index in [4.69, 9.17) is 0 Å². The summed E-state index contributed by atoms with van der Waals surface area (Å²) in [4.78, 5) is 25.6. The van der Waals surface area contributed by atoms with Gasteiger partial charge >= 0.3 is 5.97 Å². The number of carboxylic acids is 1. The quantitative estimate of drug-likeness (QED) is 0.924. The van der Waals surface area contributed by atoms with Crippen LogP contribution in [0.3, 0.4) is 0 Å². The highest BCUT2D eigenvalue weighted by Crippen LogP contribution is 2.38. The van der Waals surface area contributed by atoms with Crippen LogP contribution in [0.25, 0.3) is 0 Å². The Morgan fingerprint density at radius 3 is 2.10 bits per heavy atom. The third kappa shape index (κ3) is 3.09. The Morgan fingerprint density at radius 1 is 1.10 bits per heavy atom. The fourth-order valence-electron chi connectivity index (χ4n) is 3.17. The van der Waals surface area contributed by atoms with E-state index in [1.165, 1.54) is 6.07 Å². The van der Waals surface area contributed by atoms with Gasteiger partial charge < -0.3 is 10.0 Å². The SMILES string of the molecule is CCC1(CC)CCN(C(=O)c2ccccc2C(=O)O)CC1. The topological polar surface area (TPSA) is 57.6 Å². The minimum atomic E-state index is -1.05. The lowest BCUT2D eigenvalue weighted by molar-refractivity contribution is 0.0546. The van der Waals surface area contributed by atoms with Crippen molar-refractivity contribution >= 4 is 11.9 Å². The zero-order valence-electron chi connectivity index (χ0n) is 12.8. The summed E-state index contributed by atoms with van der Waals surface area (Å²) in [7, 11) is 0. The van der Waals surface area contributed by atoms with Crippen LogP contribution in [0.15, 0.2) is 24.3 Å². The Morgan fingerprint density at radius 2 is 1.62 bits per heavy atom. The summed E-state index contributed by atoms with van der Waals surface area (Å²) in [5.41, 5.74) is 0.735. The monoisotopic (exact) mass is 289 g/mol. The Balaban J connectivity index is 2.15. The van der Waals surface area contributed by atoms with E-state index in [9.17, 15) is 14.7 Å². The van der Waals surface area contributed by atoms with Gasteiger partial charge in [-0.25, -0.2) is 4.79 Å². The maximum absolute atomic E-state index is 12.6. The van der Waals surface area contributed by atoms with E-state index in [1.807, 2.05) is 0 Å². The molecule has 0 aromatic heterocycles. The minimum Gasteiger partial charge on any atom is -0.478 e. The molecule has 1 aromatic carbocycles. The summed E-state index contributed by atoms with van der Waals surface area (Å²) in [5, 5.41) is 9.20. The van der Waals surface area contributed by atoms with Gasteiger partial charge in [-0.05, 0) is 30.4 Å². The number of rotatable bonds is 4. The largest absolute Gasteiger partial charge is 0.478 e. The van der Waals surface area contributed by atoms with Crippen LogP contribution in [0.2, 0.25) is 0 Å². The van der Waals surface area contributed by atoms with Crippen molar-refractivity contribution in [2.24, 2.45) is 5.41 Å². The number of hydrogen-bond donors (Lipinski definition) is 1. The van der Waals surface area contributed by atoms with E-state index in [0.717, 1.165) is 25.7 Å². The molecule has 1 saturated heterocycles. The molecule has 1 fully saturated rings. The molecule has 0 aliphatic carbocycles. The van der Waals surface area contributed by atoms with Gasteiger partial charge in [0.1, 0.15) is 0 Å². The van der Waals surface area contributed by atoms with Gasteiger partial charge in [0.25, 0.3) is 5.91 Å². The predicted octanol–water partition coefficient (Wildman–Crippen LogP) is 3.43. The summed E-state index contributed by atoms with van der Waals surface area (Å²) < 4.78 is 0. The van der Waals surface area contributed by atoms with Gasteiger partial charge in [0.05, 0.1) is 11.1 Å². The van der Waals surface area contributed by atoms with Gasteiger partial charge in [-0.3, -0.25) is 4.79 Å². The van der Waals surface area contributed by atoms with Gasteiger partial charge in [0.2, 0.25) is 0 Å². The second-order valence-corrected chi connectivity index (χ2v) is 5.85. The van der Waals surface area contributed by atoms with Crippen molar-refractivity contribution in [2.45, 2.75) is 39.5 Å². The Bertz CT molecular complexity index is 525. The molecule has 1 aliphatic rings. The normalized spacial score (nSPS) is 17.5. The van der Waals surface area contributed by atoms with Crippen molar-refractivity contribution < 1.29 is 14.7 Å². The smallest absolute Gasteiger partial charge is 0.336 e. The molecule has 0 spiro atoms. The molecule has 1 amide bonds. The number of aromatic carboxylic acids is 1. The van der Waals surface area contributed by atoms with E-state index < -0.39 is 5.97 Å². The molecule has 0 unspecified atom stereocenters. The summed E-state index contributed by atoms with van der Waals surface area (Å²) >= 11 is 0.